The molecule has 16 heavy (non-hydrogen) atoms. The first-order valence-electron chi connectivity index (χ1n) is 5.38. The number of nitrogens with one attached hydrogen (secondary N) is 1. The van der Waals surface area contributed by atoms with Gasteiger partial charge in [-0.15, -0.1) is 0 Å². The van der Waals surface area contributed by atoms with Gasteiger partial charge in [0, 0.05) is 17.1 Å². The Kier molecular flexibility index (Phi) is 6.23. The van der Waals surface area contributed by atoms with Gasteiger partial charge in [-0.25, -0.2) is 0 Å². The highest BCUT2D eigenvalue weighted by Crippen LogP contribution is 2.23. The largest absolute Gasteiger partial charge is 0.496 e. The number of methoxy groups -OCH3 is 1. The standard InChI is InChI=1S/C12H18ClNO2/c1-3-14-6-7-16-9-10-8-11(13)4-5-12(10)15-2/h4-5,8,14H,3,6-7,9H2,1-2H3. The summed E-state index contributed by atoms with van der Waals surface area (Å²) >= 11 is 5.91. The van der Waals surface area contributed by atoms with Crippen molar-refractivity contribution in [3.63, 3.8) is 0 Å². The minimum absolute atomic E-state index is 0.523. The SMILES string of the molecule is CCNCCOCc1cc(Cl)ccc1OC. The molecule has 0 aliphatic heterocycles. The molecule has 1 rings (SSSR count). The molecule has 0 heterocycles. The second-order valence-electron chi connectivity index (χ2n) is 3.36. The van der Waals surface area contributed by atoms with E-state index in [1.54, 1.807) is 7.11 Å². The third-order valence-corrected chi connectivity index (χ3v) is 2.41. The molecule has 90 valence electrons. The molecule has 0 amide bonds. The number of hydrogen-bond acceptors (Lipinski definition) is 3. The van der Waals surface area contributed by atoms with E-state index in [1.165, 1.54) is 0 Å². The summed E-state index contributed by atoms with van der Waals surface area (Å²) in [6.45, 7) is 5.10. The molecule has 0 aliphatic rings. The van der Waals surface area contributed by atoms with E-state index >= 15 is 0 Å². The minimum atomic E-state index is 0.523. The van der Waals surface area contributed by atoms with Crippen molar-refractivity contribution >= 4 is 11.6 Å². The van der Waals surface area contributed by atoms with Crippen molar-refractivity contribution in [1.82, 2.24) is 5.32 Å². The predicted octanol–water partition coefficient (Wildman–Crippen LogP) is 2.47. The molecule has 0 saturated carbocycles. The average molecular weight is 244 g/mol. The fraction of sp³-hybridized carbons (Fsp3) is 0.500. The minimum Gasteiger partial charge on any atom is -0.496 e. The second kappa shape index (κ2) is 7.49. The van der Waals surface area contributed by atoms with Crippen LogP contribution < -0.4 is 10.1 Å². The fourth-order valence-electron chi connectivity index (χ4n) is 1.36. The van der Waals surface area contributed by atoms with Gasteiger partial charge in [0.25, 0.3) is 0 Å². The fourth-order valence-corrected chi connectivity index (χ4v) is 1.56. The molecule has 3 nitrogen and oxygen atoms in total. The highest BCUT2D eigenvalue weighted by molar-refractivity contribution is 6.30. The third-order valence-electron chi connectivity index (χ3n) is 2.17. The molecule has 0 radical (unpaired) electrons. The summed E-state index contributed by atoms with van der Waals surface area (Å²) in [5.74, 6) is 0.813. The van der Waals surface area contributed by atoms with Crippen molar-refractivity contribution in [1.29, 1.82) is 0 Å². The van der Waals surface area contributed by atoms with Crippen LogP contribution in [-0.4, -0.2) is 26.8 Å². The smallest absolute Gasteiger partial charge is 0.124 e. The lowest BCUT2D eigenvalue weighted by Gasteiger charge is -2.09. The number of benzene rings is 1. The molecular formula is C12H18ClNO2. The van der Waals surface area contributed by atoms with Crippen LogP contribution in [0.5, 0.6) is 5.75 Å². The molecular weight excluding hydrogens is 226 g/mol. The summed E-state index contributed by atoms with van der Waals surface area (Å²) in [5, 5.41) is 3.89. The van der Waals surface area contributed by atoms with Crippen molar-refractivity contribution < 1.29 is 9.47 Å². The molecule has 1 aromatic carbocycles. The van der Waals surface area contributed by atoms with Crippen LogP contribution in [0.15, 0.2) is 18.2 Å². The Morgan fingerprint density at radius 2 is 2.19 bits per heavy atom. The molecule has 4 heteroatoms. The van der Waals surface area contributed by atoms with E-state index in [9.17, 15) is 0 Å². The van der Waals surface area contributed by atoms with E-state index < -0.39 is 0 Å². The van der Waals surface area contributed by atoms with Gasteiger partial charge in [-0.3, -0.25) is 0 Å². The number of hydrogen-bond donors (Lipinski definition) is 1. The van der Waals surface area contributed by atoms with Crippen LogP contribution in [0.2, 0.25) is 5.02 Å². The summed E-state index contributed by atoms with van der Waals surface area (Å²) in [6.07, 6.45) is 0. The van der Waals surface area contributed by atoms with E-state index in [0.29, 0.717) is 18.2 Å². The Labute approximate surface area is 102 Å². The first kappa shape index (κ1) is 13.3. The van der Waals surface area contributed by atoms with E-state index in [0.717, 1.165) is 24.4 Å². The van der Waals surface area contributed by atoms with Crippen molar-refractivity contribution in [3.05, 3.63) is 28.8 Å². The summed E-state index contributed by atoms with van der Waals surface area (Å²) < 4.78 is 10.7. The predicted molar refractivity (Wildman–Crippen MR) is 66.2 cm³/mol. The summed E-state index contributed by atoms with van der Waals surface area (Å²) in [4.78, 5) is 0. The summed E-state index contributed by atoms with van der Waals surface area (Å²) in [6, 6.07) is 5.53. The van der Waals surface area contributed by atoms with Crippen molar-refractivity contribution in [3.8, 4) is 5.75 Å². The van der Waals surface area contributed by atoms with Crippen molar-refractivity contribution in [2.24, 2.45) is 0 Å². The first-order valence-corrected chi connectivity index (χ1v) is 5.76. The zero-order valence-corrected chi connectivity index (χ0v) is 10.5. The molecule has 0 spiro atoms. The Bertz CT molecular complexity index is 318. The van der Waals surface area contributed by atoms with Gasteiger partial charge < -0.3 is 14.8 Å². The molecule has 0 aliphatic carbocycles. The summed E-state index contributed by atoms with van der Waals surface area (Å²) in [5.41, 5.74) is 0.978. The van der Waals surface area contributed by atoms with Gasteiger partial charge in [-0.2, -0.15) is 0 Å². The monoisotopic (exact) mass is 243 g/mol. The Hall–Kier alpha value is -0.770. The molecule has 0 atom stereocenters. The number of likely N-dealkylation sites (N-methyl/N-ethyl adjacent to an activating group) is 1. The van der Waals surface area contributed by atoms with Crippen LogP contribution in [-0.2, 0) is 11.3 Å². The highest BCUT2D eigenvalue weighted by atomic mass is 35.5. The highest BCUT2D eigenvalue weighted by Gasteiger charge is 2.03. The van der Waals surface area contributed by atoms with Crippen LogP contribution in [0.4, 0.5) is 0 Å². The van der Waals surface area contributed by atoms with Gasteiger partial charge in [-0.1, -0.05) is 18.5 Å². The Morgan fingerprint density at radius 1 is 1.38 bits per heavy atom. The van der Waals surface area contributed by atoms with Crippen molar-refractivity contribution in [2.75, 3.05) is 26.8 Å². The van der Waals surface area contributed by atoms with Gasteiger partial charge >= 0.3 is 0 Å². The quantitative estimate of drug-likeness (QED) is 0.747. The van der Waals surface area contributed by atoms with E-state index in [-0.39, 0.29) is 0 Å². The number of rotatable bonds is 7. The maximum absolute atomic E-state index is 5.91. The van der Waals surface area contributed by atoms with Gasteiger partial charge in [0.2, 0.25) is 0 Å². The zero-order valence-electron chi connectivity index (χ0n) is 9.75. The maximum Gasteiger partial charge on any atom is 0.124 e. The van der Waals surface area contributed by atoms with Gasteiger partial charge in [0.05, 0.1) is 20.3 Å². The van der Waals surface area contributed by atoms with Crippen LogP contribution in [0.25, 0.3) is 0 Å². The zero-order chi connectivity index (χ0) is 11.8. The van der Waals surface area contributed by atoms with Crippen LogP contribution >= 0.6 is 11.6 Å². The normalized spacial score (nSPS) is 10.4. The van der Waals surface area contributed by atoms with Gasteiger partial charge in [0.1, 0.15) is 5.75 Å². The summed E-state index contributed by atoms with van der Waals surface area (Å²) in [7, 11) is 1.64. The van der Waals surface area contributed by atoms with Crippen LogP contribution in [0, 0.1) is 0 Å². The second-order valence-corrected chi connectivity index (χ2v) is 3.80. The topological polar surface area (TPSA) is 30.5 Å². The molecule has 0 fully saturated rings. The van der Waals surface area contributed by atoms with Gasteiger partial charge in [-0.05, 0) is 24.7 Å². The molecule has 0 aromatic heterocycles. The van der Waals surface area contributed by atoms with E-state index in [2.05, 4.69) is 12.2 Å². The van der Waals surface area contributed by atoms with E-state index in [1.807, 2.05) is 18.2 Å². The van der Waals surface area contributed by atoms with Gasteiger partial charge in [0.15, 0.2) is 0 Å². The van der Waals surface area contributed by atoms with E-state index in [4.69, 9.17) is 21.1 Å². The molecule has 0 saturated heterocycles. The first-order chi connectivity index (χ1) is 7.77. The lowest BCUT2D eigenvalue weighted by atomic mass is 10.2. The molecule has 0 bridgehead atoms. The molecule has 1 N–H and O–H groups in total. The number of ether oxygens (including phenoxy) is 2. The Balaban J connectivity index is 2.42. The Morgan fingerprint density at radius 3 is 2.88 bits per heavy atom. The molecule has 1 aromatic rings. The number of halogens is 1. The molecule has 0 unspecified atom stereocenters. The lowest BCUT2D eigenvalue weighted by Crippen LogP contribution is -2.18. The third kappa shape index (κ3) is 4.39. The van der Waals surface area contributed by atoms with Crippen molar-refractivity contribution in [2.45, 2.75) is 13.5 Å². The maximum atomic E-state index is 5.91. The average Bonchev–Trinajstić information content (AvgIpc) is 2.29. The lowest BCUT2D eigenvalue weighted by molar-refractivity contribution is 0.121. The van der Waals surface area contributed by atoms with Crippen LogP contribution in [0.3, 0.4) is 0 Å². The van der Waals surface area contributed by atoms with Crippen LogP contribution in [0.1, 0.15) is 12.5 Å².